The van der Waals surface area contributed by atoms with Crippen LogP contribution in [0.4, 0.5) is 0 Å². The van der Waals surface area contributed by atoms with Gasteiger partial charge < -0.3 is 4.90 Å². The smallest absolute Gasteiger partial charge is 0.240 e. The second-order valence-corrected chi connectivity index (χ2v) is 3.60. The Kier molecular flexibility index (Phi) is 3.87. The molecule has 13 heavy (non-hydrogen) atoms. The molecule has 3 nitrogen and oxygen atoms in total. The number of aliphatic imine (C=N–C) groups is 1. The average Bonchev–Trinajstić information content (AvgIpc) is 2.09. The molecule has 0 aromatic carbocycles. The van der Waals surface area contributed by atoms with Gasteiger partial charge in [0.15, 0.2) is 0 Å². The molecule has 1 atom stereocenters. The second-order valence-electron chi connectivity index (χ2n) is 3.60. The van der Waals surface area contributed by atoms with E-state index in [1.165, 1.54) is 25.3 Å². The maximum Gasteiger partial charge on any atom is 0.240 e. The minimum Gasteiger partial charge on any atom is -0.303 e. The number of piperidine rings is 1. The number of isocyanates is 1. The summed E-state index contributed by atoms with van der Waals surface area (Å²) in [5, 5.41) is 0. The van der Waals surface area contributed by atoms with Gasteiger partial charge in [0.2, 0.25) is 6.08 Å². The summed E-state index contributed by atoms with van der Waals surface area (Å²) in [6.45, 7) is 4.86. The number of carbonyl (C=O) groups excluding carboxylic acids is 1. The molecule has 1 fully saturated rings. The number of hydrogen-bond acceptors (Lipinski definition) is 3. The molecule has 0 aromatic rings. The van der Waals surface area contributed by atoms with Crippen LogP contribution in [0.5, 0.6) is 0 Å². The lowest BCUT2D eigenvalue weighted by Gasteiger charge is -2.32. The minimum atomic E-state index is 0.512. The van der Waals surface area contributed by atoms with E-state index >= 15 is 0 Å². The monoisotopic (exact) mass is 180 g/mol. The van der Waals surface area contributed by atoms with Gasteiger partial charge in [0.1, 0.15) is 0 Å². The summed E-state index contributed by atoms with van der Waals surface area (Å²) in [7, 11) is 2.11. The van der Waals surface area contributed by atoms with Crippen molar-refractivity contribution < 1.29 is 4.79 Å². The molecule has 0 amide bonds. The maximum atomic E-state index is 9.97. The molecule has 1 aliphatic heterocycles. The molecular formula is C10H16N2O. The second kappa shape index (κ2) is 4.95. The molecule has 1 aliphatic rings. The van der Waals surface area contributed by atoms with Crippen molar-refractivity contribution in [1.82, 2.24) is 4.90 Å². The molecule has 1 heterocycles. The van der Waals surface area contributed by atoms with E-state index in [9.17, 15) is 4.79 Å². The third kappa shape index (κ3) is 3.13. The van der Waals surface area contributed by atoms with E-state index < -0.39 is 0 Å². The standard InChI is InChI=1S/C10H16N2O/c1-9(11-8-13)7-10-5-3-4-6-12(10)2/h10H,1,3-7H2,2H3. The van der Waals surface area contributed by atoms with Crippen molar-refractivity contribution in [2.75, 3.05) is 13.6 Å². The van der Waals surface area contributed by atoms with Crippen LogP contribution in [0.1, 0.15) is 25.7 Å². The zero-order chi connectivity index (χ0) is 9.68. The molecule has 0 radical (unpaired) electrons. The van der Waals surface area contributed by atoms with E-state index in [4.69, 9.17) is 0 Å². The van der Waals surface area contributed by atoms with Crippen LogP contribution in [0.25, 0.3) is 0 Å². The maximum absolute atomic E-state index is 9.97. The third-order valence-corrected chi connectivity index (χ3v) is 2.60. The molecule has 0 saturated carbocycles. The number of hydrogen-bond donors (Lipinski definition) is 0. The van der Waals surface area contributed by atoms with Gasteiger partial charge in [-0.05, 0) is 26.4 Å². The normalized spacial score (nSPS) is 23.6. The van der Waals surface area contributed by atoms with Crippen molar-refractivity contribution in [3.05, 3.63) is 12.3 Å². The Morgan fingerprint density at radius 2 is 2.46 bits per heavy atom. The molecule has 3 heteroatoms. The van der Waals surface area contributed by atoms with E-state index in [0.29, 0.717) is 11.7 Å². The van der Waals surface area contributed by atoms with E-state index in [1.807, 2.05) is 0 Å². The number of rotatable bonds is 3. The summed E-state index contributed by atoms with van der Waals surface area (Å²) in [6, 6.07) is 0.512. The Balaban J connectivity index is 2.42. The molecule has 0 aliphatic carbocycles. The minimum absolute atomic E-state index is 0.512. The Bertz CT molecular complexity index is 231. The van der Waals surface area contributed by atoms with E-state index in [1.54, 1.807) is 0 Å². The van der Waals surface area contributed by atoms with Crippen molar-refractivity contribution >= 4 is 6.08 Å². The quantitative estimate of drug-likeness (QED) is 0.489. The summed E-state index contributed by atoms with van der Waals surface area (Å²) in [4.78, 5) is 15.8. The first kappa shape index (κ1) is 10.2. The third-order valence-electron chi connectivity index (χ3n) is 2.60. The van der Waals surface area contributed by atoms with Gasteiger partial charge in [-0.2, -0.15) is 4.99 Å². The van der Waals surface area contributed by atoms with Crippen LogP contribution in [-0.2, 0) is 4.79 Å². The average molecular weight is 180 g/mol. The lowest BCUT2D eigenvalue weighted by molar-refractivity contribution is 0.184. The molecule has 0 spiro atoms. The molecule has 1 rings (SSSR count). The molecule has 0 bridgehead atoms. The van der Waals surface area contributed by atoms with Gasteiger partial charge >= 0.3 is 0 Å². The summed E-state index contributed by atoms with van der Waals surface area (Å²) in [6.07, 6.45) is 6.06. The highest BCUT2D eigenvalue weighted by molar-refractivity contribution is 5.36. The lowest BCUT2D eigenvalue weighted by atomic mass is 9.99. The first-order valence-electron chi connectivity index (χ1n) is 4.70. The topological polar surface area (TPSA) is 32.7 Å². The summed E-state index contributed by atoms with van der Waals surface area (Å²) in [5.41, 5.74) is 0.647. The zero-order valence-electron chi connectivity index (χ0n) is 8.12. The predicted molar refractivity (Wildman–Crippen MR) is 52.1 cm³/mol. The molecule has 1 saturated heterocycles. The largest absolute Gasteiger partial charge is 0.303 e. The molecular weight excluding hydrogens is 164 g/mol. The number of nitrogens with zero attached hydrogens (tertiary/aromatic N) is 2. The first-order chi connectivity index (χ1) is 6.24. The van der Waals surface area contributed by atoms with Crippen molar-refractivity contribution in [1.29, 1.82) is 0 Å². The lowest BCUT2D eigenvalue weighted by Crippen LogP contribution is -2.36. The van der Waals surface area contributed by atoms with Gasteiger partial charge in [-0.3, -0.25) is 0 Å². The van der Waals surface area contributed by atoms with E-state index in [-0.39, 0.29) is 0 Å². The highest BCUT2D eigenvalue weighted by Gasteiger charge is 2.19. The van der Waals surface area contributed by atoms with Crippen molar-refractivity contribution in [3.8, 4) is 0 Å². The van der Waals surface area contributed by atoms with Gasteiger partial charge in [-0.15, -0.1) is 0 Å². The van der Waals surface area contributed by atoms with Gasteiger partial charge in [0.25, 0.3) is 0 Å². The zero-order valence-corrected chi connectivity index (χ0v) is 8.12. The van der Waals surface area contributed by atoms with E-state index in [2.05, 4.69) is 23.5 Å². The van der Waals surface area contributed by atoms with Crippen LogP contribution < -0.4 is 0 Å². The van der Waals surface area contributed by atoms with E-state index in [0.717, 1.165) is 13.0 Å². The Morgan fingerprint density at radius 3 is 3.08 bits per heavy atom. The van der Waals surface area contributed by atoms with Gasteiger partial charge in [-0.25, -0.2) is 4.79 Å². The van der Waals surface area contributed by atoms with Crippen LogP contribution in [0.3, 0.4) is 0 Å². The van der Waals surface area contributed by atoms with Crippen LogP contribution in [0.15, 0.2) is 17.3 Å². The van der Waals surface area contributed by atoms with Crippen molar-refractivity contribution in [2.45, 2.75) is 31.7 Å². The van der Waals surface area contributed by atoms with Gasteiger partial charge in [0, 0.05) is 18.2 Å². The van der Waals surface area contributed by atoms with Crippen LogP contribution in [0, 0.1) is 0 Å². The fraction of sp³-hybridized carbons (Fsp3) is 0.700. The molecule has 72 valence electrons. The SMILES string of the molecule is C=C(CC1CCCCN1C)N=C=O. The Hall–Kier alpha value is -0.920. The summed E-state index contributed by atoms with van der Waals surface area (Å²) < 4.78 is 0. The van der Waals surface area contributed by atoms with Crippen LogP contribution in [-0.4, -0.2) is 30.6 Å². The summed E-state index contributed by atoms with van der Waals surface area (Å²) >= 11 is 0. The van der Waals surface area contributed by atoms with Crippen molar-refractivity contribution in [3.63, 3.8) is 0 Å². The highest BCUT2D eigenvalue weighted by atomic mass is 16.1. The Labute approximate surface area is 79.1 Å². The van der Waals surface area contributed by atoms with Crippen LogP contribution >= 0.6 is 0 Å². The first-order valence-corrected chi connectivity index (χ1v) is 4.70. The molecule has 1 unspecified atom stereocenters. The Morgan fingerprint density at radius 1 is 1.69 bits per heavy atom. The van der Waals surface area contributed by atoms with Gasteiger partial charge in [-0.1, -0.05) is 13.0 Å². The number of likely N-dealkylation sites (tertiary alicyclic amines) is 1. The van der Waals surface area contributed by atoms with Gasteiger partial charge in [0.05, 0.1) is 0 Å². The predicted octanol–water partition coefficient (Wildman–Crippen LogP) is 1.71. The van der Waals surface area contributed by atoms with Crippen LogP contribution in [0.2, 0.25) is 0 Å². The molecule has 0 N–H and O–H groups in total. The highest BCUT2D eigenvalue weighted by Crippen LogP contribution is 2.20. The molecule has 0 aromatic heterocycles. The fourth-order valence-corrected chi connectivity index (χ4v) is 1.78. The fourth-order valence-electron chi connectivity index (χ4n) is 1.78. The summed E-state index contributed by atoms with van der Waals surface area (Å²) in [5.74, 6) is 0. The van der Waals surface area contributed by atoms with Crippen molar-refractivity contribution in [2.24, 2.45) is 4.99 Å².